The molecule has 3 nitrogen and oxygen atoms in total. The van der Waals surface area contributed by atoms with Gasteiger partial charge in [-0.05, 0) is 25.5 Å². The molecule has 1 aromatic carbocycles. The maximum atomic E-state index is 11.7. The Morgan fingerprint density at radius 3 is 3.00 bits per heavy atom. The highest BCUT2D eigenvalue weighted by molar-refractivity contribution is 5.96. The van der Waals surface area contributed by atoms with Crippen LogP contribution in [0.5, 0.6) is 5.75 Å². The summed E-state index contributed by atoms with van der Waals surface area (Å²) in [6, 6.07) is 4.90. The number of carbonyl (C=O) groups excluding carboxylic acids is 1. The van der Waals surface area contributed by atoms with Gasteiger partial charge in [0, 0.05) is 24.1 Å². The summed E-state index contributed by atoms with van der Waals surface area (Å²) in [5.41, 5.74) is 1.10. The highest BCUT2D eigenvalue weighted by atomic mass is 16.3. The number of phenols is 1. The van der Waals surface area contributed by atoms with Gasteiger partial charge in [-0.25, -0.2) is 0 Å². The number of nitrogens with one attached hydrogen (secondary N) is 1. The Morgan fingerprint density at radius 2 is 2.31 bits per heavy atom. The smallest absolute Gasteiger partial charge is 0.251 e. The monoisotopic (exact) mass is 217 g/mol. The molecule has 3 heteroatoms. The van der Waals surface area contributed by atoms with Crippen molar-refractivity contribution in [3.05, 3.63) is 29.3 Å². The van der Waals surface area contributed by atoms with Crippen LogP contribution in [0.25, 0.3) is 0 Å². The van der Waals surface area contributed by atoms with Crippen LogP contribution in [0.1, 0.15) is 28.8 Å². The molecule has 0 aliphatic carbocycles. The largest absolute Gasteiger partial charge is 0.508 e. The average molecular weight is 217 g/mol. The second-order valence-corrected chi connectivity index (χ2v) is 3.51. The maximum absolute atomic E-state index is 11.7. The van der Waals surface area contributed by atoms with Gasteiger partial charge in [-0.3, -0.25) is 4.79 Å². The molecule has 0 saturated carbocycles. The van der Waals surface area contributed by atoms with E-state index in [1.807, 2.05) is 0 Å². The number of phenolic OH excluding ortho intramolecular Hbond substituents is 1. The molecule has 1 rings (SSSR count). The van der Waals surface area contributed by atoms with Gasteiger partial charge < -0.3 is 10.4 Å². The first-order valence-corrected chi connectivity index (χ1v) is 5.17. The lowest BCUT2D eigenvalue weighted by molar-refractivity contribution is 0.0952. The third kappa shape index (κ3) is 3.03. The van der Waals surface area contributed by atoms with E-state index in [1.54, 1.807) is 25.1 Å². The molecule has 84 valence electrons. The molecule has 0 aliphatic heterocycles. The number of aromatic hydroxyl groups is 1. The van der Waals surface area contributed by atoms with Crippen LogP contribution in [0.2, 0.25) is 0 Å². The molecule has 1 amide bonds. The van der Waals surface area contributed by atoms with E-state index in [0.29, 0.717) is 24.1 Å². The molecule has 0 fully saturated rings. The molecule has 0 spiro atoms. The molecule has 0 aliphatic rings. The average Bonchev–Trinajstić information content (AvgIpc) is 2.28. The van der Waals surface area contributed by atoms with Gasteiger partial charge in [-0.15, -0.1) is 12.3 Å². The van der Waals surface area contributed by atoms with E-state index in [4.69, 9.17) is 6.42 Å². The van der Waals surface area contributed by atoms with E-state index in [-0.39, 0.29) is 11.7 Å². The van der Waals surface area contributed by atoms with Crippen LogP contribution in [-0.2, 0) is 0 Å². The number of unbranched alkanes of at least 4 members (excludes halogenated alkanes) is 1. The quantitative estimate of drug-likeness (QED) is 0.597. The van der Waals surface area contributed by atoms with E-state index >= 15 is 0 Å². The normalized spacial score (nSPS) is 9.50. The van der Waals surface area contributed by atoms with Crippen molar-refractivity contribution in [1.29, 1.82) is 0 Å². The SMILES string of the molecule is C#CCCCNC(=O)c1cccc(O)c1C. The van der Waals surface area contributed by atoms with E-state index < -0.39 is 0 Å². The Labute approximate surface area is 95.5 Å². The van der Waals surface area contributed by atoms with Crippen molar-refractivity contribution in [2.45, 2.75) is 19.8 Å². The van der Waals surface area contributed by atoms with Gasteiger partial charge in [0.15, 0.2) is 0 Å². The van der Waals surface area contributed by atoms with Crippen LogP contribution in [-0.4, -0.2) is 17.6 Å². The Balaban J connectivity index is 2.60. The molecule has 0 heterocycles. The van der Waals surface area contributed by atoms with Crippen molar-refractivity contribution < 1.29 is 9.90 Å². The van der Waals surface area contributed by atoms with Gasteiger partial charge in [-0.2, -0.15) is 0 Å². The third-order valence-electron chi connectivity index (χ3n) is 2.33. The molecular formula is C13H15NO2. The van der Waals surface area contributed by atoms with Crippen molar-refractivity contribution in [3.63, 3.8) is 0 Å². The highest BCUT2D eigenvalue weighted by Crippen LogP contribution is 2.19. The second kappa shape index (κ2) is 5.82. The Hall–Kier alpha value is -1.95. The van der Waals surface area contributed by atoms with Crippen LogP contribution in [0.3, 0.4) is 0 Å². The molecule has 0 atom stereocenters. The molecule has 0 aromatic heterocycles. The summed E-state index contributed by atoms with van der Waals surface area (Å²) in [7, 11) is 0. The van der Waals surface area contributed by atoms with Crippen molar-refractivity contribution in [2.24, 2.45) is 0 Å². The van der Waals surface area contributed by atoms with Gasteiger partial charge in [0.1, 0.15) is 5.75 Å². The van der Waals surface area contributed by atoms with Crippen LogP contribution in [0, 0.1) is 19.3 Å². The topological polar surface area (TPSA) is 49.3 Å². The minimum Gasteiger partial charge on any atom is -0.508 e. The van der Waals surface area contributed by atoms with Crippen LogP contribution in [0.4, 0.5) is 0 Å². The van der Waals surface area contributed by atoms with Gasteiger partial charge in [0.05, 0.1) is 0 Å². The van der Waals surface area contributed by atoms with Crippen molar-refractivity contribution in [3.8, 4) is 18.1 Å². The van der Waals surface area contributed by atoms with E-state index in [9.17, 15) is 9.90 Å². The van der Waals surface area contributed by atoms with Crippen molar-refractivity contribution in [2.75, 3.05) is 6.54 Å². The fraction of sp³-hybridized carbons (Fsp3) is 0.308. The van der Waals surface area contributed by atoms with Gasteiger partial charge in [0.25, 0.3) is 5.91 Å². The summed E-state index contributed by atoms with van der Waals surface area (Å²) in [6.07, 6.45) is 6.52. The summed E-state index contributed by atoms with van der Waals surface area (Å²) < 4.78 is 0. The summed E-state index contributed by atoms with van der Waals surface area (Å²) >= 11 is 0. The Morgan fingerprint density at radius 1 is 1.56 bits per heavy atom. The van der Waals surface area contributed by atoms with Gasteiger partial charge in [-0.1, -0.05) is 6.07 Å². The number of amides is 1. The number of hydrogen-bond donors (Lipinski definition) is 2. The number of carbonyl (C=O) groups is 1. The zero-order chi connectivity index (χ0) is 12.0. The van der Waals surface area contributed by atoms with Crippen LogP contribution in [0.15, 0.2) is 18.2 Å². The third-order valence-corrected chi connectivity index (χ3v) is 2.33. The zero-order valence-corrected chi connectivity index (χ0v) is 9.29. The number of rotatable bonds is 4. The Kier molecular flexibility index (Phi) is 4.41. The van der Waals surface area contributed by atoms with Crippen molar-refractivity contribution in [1.82, 2.24) is 5.32 Å². The van der Waals surface area contributed by atoms with Gasteiger partial charge in [0.2, 0.25) is 0 Å². The summed E-state index contributed by atoms with van der Waals surface area (Å²) in [5, 5.41) is 12.2. The second-order valence-electron chi connectivity index (χ2n) is 3.51. The molecule has 0 unspecified atom stereocenters. The van der Waals surface area contributed by atoms with E-state index in [2.05, 4.69) is 11.2 Å². The highest BCUT2D eigenvalue weighted by Gasteiger charge is 2.09. The maximum Gasteiger partial charge on any atom is 0.251 e. The standard InChI is InChI=1S/C13H15NO2/c1-3-4-5-9-14-13(16)11-7-6-8-12(15)10(11)2/h1,6-8,15H,4-5,9H2,2H3,(H,14,16). The minimum atomic E-state index is -0.176. The van der Waals surface area contributed by atoms with E-state index in [1.165, 1.54) is 0 Å². The van der Waals surface area contributed by atoms with Gasteiger partial charge >= 0.3 is 0 Å². The first-order chi connectivity index (χ1) is 7.66. The number of terminal acetylenes is 1. The first kappa shape index (κ1) is 12.1. The van der Waals surface area contributed by atoms with Crippen LogP contribution < -0.4 is 5.32 Å². The lowest BCUT2D eigenvalue weighted by Gasteiger charge is -2.07. The number of hydrogen-bond acceptors (Lipinski definition) is 2. The summed E-state index contributed by atoms with van der Waals surface area (Å²) in [4.78, 5) is 11.7. The van der Waals surface area contributed by atoms with Crippen LogP contribution >= 0.6 is 0 Å². The lowest BCUT2D eigenvalue weighted by Crippen LogP contribution is -2.25. The fourth-order valence-corrected chi connectivity index (χ4v) is 1.36. The first-order valence-electron chi connectivity index (χ1n) is 5.17. The predicted molar refractivity (Wildman–Crippen MR) is 63.2 cm³/mol. The lowest BCUT2D eigenvalue weighted by atomic mass is 10.1. The van der Waals surface area contributed by atoms with E-state index in [0.717, 1.165) is 6.42 Å². The minimum absolute atomic E-state index is 0.135. The number of benzene rings is 1. The summed E-state index contributed by atoms with van der Waals surface area (Å²) in [5.74, 6) is 2.47. The Bertz CT molecular complexity index is 418. The molecule has 0 radical (unpaired) electrons. The summed E-state index contributed by atoms with van der Waals surface area (Å²) in [6.45, 7) is 2.27. The molecule has 16 heavy (non-hydrogen) atoms. The molecule has 2 N–H and O–H groups in total. The molecule has 1 aromatic rings. The predicted octanol–water partition coefficient (Wildman–Crippen LogP) is 1.84. The fourth-order valence-electron chi connectivity index (χ4n) is 1.36. The molecule has 0 bridgehead atoms. The zero-order valence-electron chi connectivity index (χ0n) is 9.29. The molecular weight excluding hydrogens is 202 g/mol. The molecule has 0 saturated heterocycles. The van der Waals surface area contributed by atoms with Crippen molar-refractivity contribution >= 4 is 5.91 Å².